The molecule has 2 heterocycles. The Morgan fingerprint density at radius 2 is 1.19 bits per heavy atom. The van der Waals surface area contributed by atoms with Gasteiger partial charge in [0.25, 0.3) is 0 Å². The van der Waals surface area contributed by atoms with Gasteiger partial charge in [-0.25, -0.2) is 15.0 Å². The number of nitrogens with zero attached hydrogens (tertiary/aromatic N) is 3. The summed E-state index contributed by atoms with van der Waals surface area (Å²) in [6, 6.07) is 3.96. The van der Waals surface area contributed by atoms with E-state index in [4.69, 9.17) is 32.0 Å². The Labute approximate surface area is 244 Å². The van der Waals surface area contributed by atoms with E-state index in [1.807, 2.05) is 39.8 Å². The van der Waals surface area contributed by atoms with Crippen molar-refractivity contribution in [3.05, 3.63) is 39.7 Å². The summed E-state index contributed by atoms with van der Waals surface area (Å²) in [6.45, 7) is 30.2. The Balaban J connectivity index is 0.000000577. The average Bonchev–Trinajstić information content (AvgIpc) is 2.62. The molecule has 0 bridgehead atoms. The molecule has 37 heavy (non-hydrogen) atoms. The number of alkyl halides is 1. The van der Waals surface area contributed by atoms with Crippen molar-refractivity contribution in [2.24, 2.45) is 0 Å². The predicted octanol–water partition coefficient (Wildman–Crippen LogP) is 8.36. The minimum absolute atomic E-state index is 0.563. The lowest BCUT2D eigenvalue weighted by atomic mass is 10.4. The summed E-state index contributed by atoms with van der Waals surface area (Å²) in [4.78, 5) is 15.8. The molecule has 6 nitrogen and oxygen atoms in total. The van der Waals surface area contributed by atoms with Gasteiger partial charge in [-0.05, 0) is 118 Å². The minimum atomic E-state index is -1.61. The van der Waals surface area contributed by atoms with Crippen LogP contribution in [0.15, 0.2) is 17.3 Å². The van der Waals surface area contributed by atoms with E-state index >= 15 is 0 Å². The summed E-state index contributed by atoms with van der Waals surface area (Å²) in [5.74, 6) is 0. The normalized spacial score (nSPS) is 12.3. The summed E-state index contributed by atoms with van der Waals surface area (Å²) >= 11 is 12.3. The molecule has 0 aliphatic carbocycles. The largest absolute Gasteiger partial charge is 0.455 e. The topological polar surface area (TPSA) is 72.9 Å². The SMILES string of the molecule is C[Si](C)(C)O[Si](C)(C)CCl.Cc1cc(C)[nH]c(=S)n1.Cc1cc(C)nc(SC[Si](C)(C)O[Si](C)(C)C)n1. The second-order valence-corrected chi connectivity index (χ2v) is 32.7. The molecule has 0 amide bonds. The van der Waals surface area contributed by atoms with Crippen molar-refractivity contribution in [3.63, 3.8) is 0 Å². The van der Waals surface area contributed by atoms with E-state index in [9.17, 15) is 0 Å². The third-order valence-electron chi connectivity index (χ3n) is 4.00. The van der Waals surface area contributed by atoms with E-state index in [2.05, 4.69) is 85.4 Å². The Morgan fingerprint density at radius 1 is 0.757 bits per heavy atom. The highest BCUT2D eigenvalue weighted by Gasteiger charge is 2.30. The van der Waals surface area contributed by atoms with Crippen molar-refractivity contribution in [1.82, 2.24) is 19.9 Å². The first-order chi connectivity index (χ1) is 16.5. The van der Waals surface area contributed by atoms with Crippen molar-refractivity contribution in [2.45, 2.75) is 98.3 Å². The molecule has 13 heteroatoms. The van der Waals surface area contributed by atoms with Crippen LogP contribution >= 0.6 is 35.6 Å². The van der Waals surface area contributed by atoms with Gasteiger partial charge in [-0.3, -0.25) is 0 Å². The maximum atomic E-state index is 6.31. The Hall–Kier alpha value is -0.192. The molecule has 0 atom stereocenters. The zero-order valence-corrected chi connectivity index (χ0v) is 31.8. The highest BCUT2D eigenvalue weighted by molar-refractivity contribution is 8.00. The molecule has 0 aliphatic heterocycles. The number of H-pyrrole nitrogens is 1. The van der Waals surface area contributed by atoms with Crippen molar-refractivity contribution in [2.75, 3.05) is 10.9 Å². The van der Waals surface area contributed by atoms with Crippen LogP contribution in [0.5, 0.6) is 0 Å². The summed E-state index contributed by atoms with van der Waals surface area (Å²) < 4.78 is 12.8. The van der Waals surface area contributed by atoms with Gasteiger partial charge in [0.15, 0.2) is 43.2 Å². The first-order valence-corrected chi connectivity index (χ1v) is 27.5. The lowest BCUT2D eigenvalue weighted by Crippen LogP contribution is -2.44. The molecule has 0 radical (unpaired) electrons. The first-order valence-electron chi connectivity index (χ1n) is 12.5. The average molecular weight is 638 g/mol. The number of rotatable bonds is 8. The van der Waals surface area contributed by atoms with Gasteiger partial charge in [0.2, 0.25) is 0 Å². The molecule has 0 aromatic carbocycles. The van der Waals surface area contributed by atoms with Gasteiger partial charge >= 0.3 is 0 Å². The van der Waals surface area contributed by atoms with E-state index < -0.39 is 33.3 Å². The van der Waals surface area contributed by atoms with E-state index in [1.54, 1.807) is 11.8 Å². The third-order valence-corrected chi connectivity index (χ3v) is 19.9. The van der Waals surface area contributed by atoms with Crippen molar-refractivity contribution >= 4 is 68.9 Å². The second kappa shape index (κ2) is 15.6. The number of aryl methyl sites for hydroxylation is 4. The monoisotopic (exact) mass is 636 g/mol. The molecule has 0 saturated carbocycles. The Morgan fingerprint density at radius 3 is 1.54 bits per heavy atom. The van der Waals surface area contributed by atoms with Crippen molar-refractivity contribution < 1.29 is 8.23 Å². The molecule has 0 unspecified atom stereocenters. The summed E-state index contributed by atoms with van der Waals surface area (Å²) in [6.07, 6.45) is 0. The molecule has 2 aromatic heterocycles. The van der Waals surface area contributed by atoms with Crippen LogP contribution in [0.3, 0.4) is 0 Å². The van der Waals surface area contributed by atoms with Gasteiger partial charge in [0.05, 0.1) is 0 Å². The molecular formula is C24H49ClN4O2S2Si4. The number of hydrogen-bond acceptors (Lipinski definition) is 7. The Kier molecular flexibility index (Phi) is 15.5. The standard InChI is InChI=1S/C12H24N2OSSi2.C6H17ClOSi2.C6H8N2S/c1-10-8-11(2)14-12(13-10)16-9-18(6,7)15-17(3,4)5;1-9(2,3)8-10(4,5)6-7;1-4-3-5(2)8-6(9)7-4/h8H,9H2,1-7H3;6H2,1-5H3;3H,1-2H3,(H,7,8,9). The van der Waals surface area contributed by atoms with Gasteiger partial charge in [0, 0.05) is 33.7 Å². The van der Waals surface area contributed by atoms with Crippen LogP contribution < -0.4 is 0 Å². The number of nitrogens with one attached hydrogen (secondary N) is 1. The number of aromatic nitrogens is 4. The zero-order chi connectivity index (χ0) is 29.2. The van der Waals surface area contributed by atoms with Crippen LogP contribution in [0.2, 0.25) is 65.5 Å². The summed E-state index contributed by atoms with van der Waals surface area (Å²) in [7, 11) is -5.88. The molecule has 2 aromatic rings. The highest BCUT2D eigenvalue weighted by Crippen LogP contribution is 2.23. The van der Waals surface area contributed by atoms with E-state index in [1.165, 1.54) is 0 Å². The zero-order valence-electron chi connectivity index (χ0n) is 25.4. The molecule has 0 fully saturated rings. The van der Waals surface area contributed by atoms with Crippen LogP contribution in [-0.2, 0) is 8.23 Å². The molecular weight excluding hydrogens is 588 g/mol. The highest BCUT2D eigenvalue weighted by atomic mass is 35.5. The maximum absolute atomic E-state index is 6.31. The van der Waals surface area contributed by atoms with Crippen LogP contribution in [-0.4, -0.2) is 64.1 Å². The molecule has 2 rings (SSSR count). The van der Waals surface area contributed by atoms with Gasteiger partial charge in [0.1, 0.15) is 0 Å². The number of hydrogen-bond donors (Lipinski definition) is 1. The fraction of sp³-hybridized carbons (Fsp3) is 0.667. The van der Waals surface area contributed by atoms with Crippen molar-refractivity contribution in [3.8, 4) is 0 Å². The molecule has 0 aliphatic rings. The molecule has 0 spiro atoms. The van der Waals surface area contributed by atoms with Gasteiger partial charge in [-0.2, -0.15) is 0 Å². The van der Waals surface area contributed by atoms with Crippen LogP contribution in [0.1, 0.15) is 22.8 Å². The summed E-state index contributed by atoms with van der Waals surface area (Å²) in [5.41, 5.74) is 4.81. The Bertz CT molecular complexity index is 999. The fourth-order valence-corrected chi connectivity index (χ4v) is 20.8. The molecule has 1 N–H and O–H groups in total. The quantitative estimate of drug-likeness (QED) is 0.103. The number of halogens is 1. The molecule has 212 valence electrons. The first kappa shape index (κ1) is 36.8. The molecule has 0 saturated heterocycles. The second-order valence-electron chi connectivity index (χ2n) is 12.3. The maximum Gasteiger partial charge on any atom is 0.197 e. The third kappa shape index (κ3) is 20.4. The smallest absolute Gasteiger partial charge is 0.197 e. The van der Waals surface area contributed by atoms with Gasteiger partial charge in [-0.1, -0.05) is 11.8 Å². The van der Waals surface area contributed by atoms with E-state index in [0.717, 1.165) is 33.3 Å². The van der Waals surface area contributed by atoms with Crippen molar-refractivity contribution in [1.29, 1.82) is 0 Å². The van der Waals surface area contributed by atoms with Gasteiger partial charge < -0.3 is 13.2 Å². The van der Waals surface area contributed by atoms with Gasteiger partial charge in [-0.15, -0.1) is 11.6 Å². The predicted molar refractivity (Wildman–Crippen MR) is 176 cm³/mol. The lowest BCUT2D eigenvalue weighted by Gasteiger charge is -2.30. The number of thioether (sulfide) groups is 1. The van der Waals surface area contributed by atoms with E-state index in [0.29, 0.717) is 10.3 Å². The van der Waals surface area contributed by atoms with Crippen LogP contribution in [0.4, 0.5) is 0 Å². The minimum Gasteiger partial charge on any atom is -0.455 e. The summed E-state index contributed by atoms with van der Waals surface area (Å²) in [5, 5.41) is 1.90. The van der Waals surface area contributed by atoms with Crippen LogP contribution in [0.25, 0.3) is 0 Å². The lowest BCUT2D eigenvalue weighted by molar-refractivity contribution is 0.556. The fourth-order valence-electron chi connectivity index (χ4n) is 3.45. The van der Waals surface area contributed by atoms with Crippen LogP contribution in [0, 0.1) is 32.5 Å². The number of aromatic amines is 1. The van der Waals surface area contributed by atoms with E-state index in [-0.39, 0.29) is 0 Å².